The molecule has 0 bridgehead atoms. The number of ketones is 1. The summed E-state index contributed by atoms with van der Waals surface area (Å²) in [4.78, 5) is 26.0. The maximum Gasteiger partial charge on any atom is 0.247 e. The first-order valence-electron chi connectivity index (χ1n) is 4.26. The second-order valence-electron chi connectivity index (χ2n) is 4.37. The highest BCUT2D eigenvalue weighted by Gasteiger charge is 2.24. The van der Waals surface area contributed by atoms with Crippen molar-refractivity contribution in [1.29, 1.82) is 0 Å². The van der Waals surface area contributed by atoms with Gasteiger partial charge in [0.05, 0.1) is 0 Å². The van der Waals surface area contributed by atoms with Gasteiger partial charge in [0.15, 0.2) is 11.6 Å². The van der Waals surface area contributed by atoms with Gasteiger partial charge in [-0.15, -0.1) is 0 Å². The second kappa shape index (κ2) is 3.28. The molecule has 1 rings (SSSR count). The number of hydrogen-bond acceptors (Lipinski definition) is 3. The first-order chi connectivity index (χ1) is 5.88. The van der Waals surface area contributed by atoms with Crippen LogP contribution in [0.2, 0.25) is 0 Å². The number of hydrogen-bond donors (Lipinski definition) is 1. The normalized spacial score (nSPS) is 16.8. The van der Waals surface area contributed by atoms with Crippen molar-refractivity contribution >= 4 is 17.5 Å². The predicted molar refractivity (Wildman–Crippen MR) is 49.5 cm³/mol. The van der Waals surface area contributed by atoms with E-state index in [1.807, 2.05) is 20.8 Å². The Morgan fingerprint density at radius 3 is 2.54 bits per heavy atom. The molecule has 4 heteroatoms. The van der Waals surface area contributed by atoms with Gasteiger partial charge < -0.3 is 5.32 Å². The van der Waals surface area contributed by atoms with Crippen LogP contribution in [0.15, 0.2) is 4.99 Å². The smallest absolute Gasteiger partial charge is 0.247 e. The summed E-state index contributed by atoms with van der Waals surface area (Å²) in [5.74, 6) is -0.0597. The molecule has 0 saturated heterocycles. The lowest BCUT2D eigenvalue weighted by Crippen LogP contribution is -2.32. The summed E-state index contributed by atoms with van der Waals surface area (Å²) in [7, 11) is 0. The zero-order chi connectivity index (χ0) is 10.1. The van der Waals surface area contributed by atoms with Crippen molar-refractivity contribution in [3.05, 3.63) is 0 Å². The molecule has 0 aliphatic carbocycles. The van der Waals surface area contributed by atoms with E-state index in [0.717, 1.165) is 0 Å². The summed E-state index contributed by atoms with van der Waals surface area (Å²) >= 11 is 0. The molecule has 4 nitrogen and oxygen atoms in total. The molecule has 0 radical (unpaired) electrons. The van der Waals surface area contributed by atoms with E-state index in [1.165, 1.54) is 0 Å². The Kier molecular flexibility index (Phi) is 2.50. The average Bonchev–Trinajstić information content (AvgIpc) is 2.31. The van der Waals surface area contributed by atoms with Crippen molar-refractivity contribution in [1.82, 2.24) is 5.32 Å². The van der Waals surface area contributed by atoms with Crippen molar-refractivity contribution in [2.24, 2.45) is 10.4 Å². The van der Waals surface area contributed by atoms with Crippen molar-refractivity contribution < 1.29 is 9.59 Å². The Bertz CT molecular complexity index is 274. The Morgan fingerprint density at radius 2 is 2.15 bits per heavy atom. The first kappa shape index (κ1) is 9.89. The fourth-order valence-electron chi connectivity index (χ4n) is 1.09. The quantitative estimate of drug-likeness (QED) is 0.676. The molecule has 0 aromatic heterocycles. The van der Waals surface area contributed by atoms with Crippen LogP contribution in [0.25, 0.3) is 0 Å². The maximum absolute atomic E-state index is 11.5. The summed E-state index contributed by atoms with van der Waals surface area (Å²) < 4.78 is 0. The van der Waals surface area contributed by atoms with Crippen LogP contribution in [-0.4, -0.2) is 24.1 Å². The largest absolute Gasteiger partial charge is 0.306 e. The summed E-state index contributed by atoms with van der Waals surface area (Å²) in [6.45, 7) is 6.01. The fourth-order valence-corrected chi connectivity index (χ4v) is 1.09. The van der Waals surface area contributed by atoms with Crippen molar-refractivity contribution in [2.75, 3.05) is 6.54 Å². The van der Waals surface area contributed by atoms with Gasteiger partial charge in [-0.3, -0.25) is 14.6 Å². The molecule has 1 aliphatic heterocycles. The topological polar surface area (TPSA) is 58.5 Å². The monoisotopic (exact) mass is 182 g/mol. The van der Waals surface area contributed by atoms with Crippen molar-refractivity contribution in [3.63, 3.8) is 0 Å². The number of rotatable bonds is 2. The Labute approximate surface area is 77.4 Å². The van der Waals surface area contributed by atoms with E-state index in [1.54, 1.807) is 0 Å². The molecule has 1 aliphatic rings. The summed E-state index contributed by atoms with van der Waals surface area (Å²) in [6.07, 6.45) is 0.409. The van der Waals surface area contributed by atoms with Crippen LogP contribution in [0.1, 0.15) is 27.2 Å². The zero-order valence-corrected chi connectivity index (χ0v) is 8.18. The Hall–Kier alpha value is -1.19. The number of nitrogens with zero attached hydrogens (tertiary/aromatic N) is 1. The van der Waals surface area contributed by atoms with E-state index in [2.05, 4.69) is 10.3 Å². The minimum absolute atomic E-state index is 0.0626. The molecule has 1 N–H and O–H groups in total. The third kappa shape index (κ3) is 2.97. The lowest BCUT2D eigenvalue weighted by Gasteiger charge is -2.16. The van der Waals surface area contributed by atoms with Gasteiger partial charge in [0, 0.05) is 6.42 Å². The molecule has 0 unspecified atom stereocenters. The van der Waals surface area contributed by atoms with Gasteiger partial charge in [0.2, 0.25) is 5.91 Å². The van der Waals surface area contributed by atoms with Gasteiger partial charge in [-0.1, -0.05) is 20.8 Å². The third-order valence-corrected chi connectivity index (χ3v) is 1.59. The average molecular weight is 182 g/mol. The standard InChI is InChI=1S/C9H14N2O2/c1-9(2,3)4-6(12)8-10-5-7(13)11-8/h4-5H2,1-3H3,(H,10,11,13). The Balaban J connectivity index is 2.55. The molecule has 1 heterocycles. The van der Waals surface area contributed by atoms with E-state index in [-0.39, 0.29) is 29.5 Å². The van der Waals surface area contributed by atoms with Gasteiger partial charge in [-0.25, -0.2) is 0 Å². The molecule has 0 aromatic carbocycles. The van der Waals surface area contributed by atoms with Crippen LogP contribution >= 0.6 is 0 Å². The Morgan fingerprint density at radius 1 is 1.54 bits per heavy atom. The fraction of sp³-hybridized carbons (Fsp3) is 0.667. The molecule has 72 valence electrons. The number of aliphatic imine (C=N–C) groups is 1. The molecule has 0 fully saturated rings. The van der Waals surface area contributed by atoms with E-state index in [0.29, 0.717) is 6.42 Å². The van der Waals surface area contributed by atoms with Gasteiger partial charge in [-0.2, -0.15) is 0 Å². The summed E-state index contributed by atoms with van der Waals surface area (Å²) in [5, 5.41) is 2.44. The van der Waals surface area contributed by atoms with Crippen LogP contribution in [0.3, 0.4) is 0 Å². The minimum Gasteiger partial charge on any atom is -0.306 e. The molecule has 0 spiro atoms. The lowest BCUT2D eigenvalue weighted by atomic mass is 9.90. The SMILES string of the molecule is CC(C)(C)CC(=O)C1=NCC(=O)N1. The highest BCUT2D eigenvalue weighted by molar-refractivity contribution is 6.42. The first-order valence-corrected chi connectivity index (χ1v) is 4.26. The zero-order valence-electron chi connectivity index (χ0n) is 8.18. The molecule has 0 saturated carbocycles. The molecule has 13 heavy (non-hydrogen) atoms. The van der Waals surface area contributed by atoms with Crippen LogP contribution in [-0.2, 0) is 9.59 Å². The summed E-state index contributed by atoms with van der Waals surface area (Å²) in [5.41, 5.74) is -0.0626. The van der Waals surface area contributed by atoms with Gasteiger partial charge >= 0.3 is 0 Å². The lowest BCUT2D eigenvalue weighted by molar-refractivity contribution is -0.119. The molecule has 1 amide bonds. The molecule has 0 atom stereocenters. The van der Waals surface area contributed by atoms with E-state index < -0.39 is 0 Å². The van der Waals surface area contributed by atoms with Crippen LogP contribution in [0.5, 0.6) is 0 Å². The van der Waals surface area contributed by atoms with Crippen molar-refractivity contribution in [3.8, 4) is 0 Å². The van der Waals surface area contributed by atoms with Crippen LogP contribution in [0, 0.1) is 5.41 Å². The highest BCUT2D eigenvalue weighted by Crippen LogP contribution is 2.18. The van der Waals surface area contributed by atoms with E-state index >= 15 is 0 Å². The number of amidine groups is 1. The van der Waals surface area contributed by atoms with Gasteiger partial charge in [0.1, 0.15) is 6.54 Å². The molecular formula is C9H14N2O2. The predicted octanol–water partition coefficient (Wildman–Crippen LogP) is 0.520. The third-order valence-electron chi connectivity index (χ3n) is 1.59. The van der Waals surface area contributed by atoms with Crippen molar-refractivity contribution in [2.45, 2.75) is 27.2 Å². The van der Waals surface area contributed by atoms with E-state index in [9.17, 15) is 9.59 Å². The van der Waals surface area contributed by atoms with Gasteiger partial charge in [0.25, 0.3) is 0 Å². The number of carbonyl (C=O) groups excluding carboxylic acids is 2. The maximum atomic E-state index is 11.5. The number of nitrogens with one attached hydrogen (secondary N) is 1. The van der Waals surface area contributed by atoms with Crippen LogP contribution < -0.4 is 5.32 Å². The number of amides is 1. The number of Topliss-reactive ketones (excluding diaryl/α,β-unsaturated/α-hetero) is 1. The second-order valence-corrected chi connectivity index (χ2v) is 4.37. The van der Waals surface area contributed by atoms with Crippen LogP contribution in [0.4, 0.5) is 0 Å². The summed E-state index contributed by atoms with van der Waals surface area (Å²) in [6, 6.07) is 0. The van der Waals surface area contributed by atoms with Gasteiger partial charge in [-0.05, 0) is 5.41 Å². The van der Waals surface area contributed by atoms with E-state index in [4.69, 9.17) is 0 Å². The highest BCUT2D eigenvalue weighted by atomic mass is 16.2. The minimum atomic E-state index is -0.197. The molecular weight excluding hydrogens is 168 g/mol. The molecule has 0 aromatic rings. The number of carbonyl (C=O) groups is 2.